The minimum atomic E-state index is -0.229. The number of phenolic OH excluding ortho intramolecular Hbond substituents is 1. The molecule has 0 bridgehead atoms. The molecule has 1 aliphatic heterocycles. The van der Waals surface area contributed by atoms with E-state index in [0.717, 1.165) is 35.1 Å². The fourth-order valence-corrected chi connectivity index (χ4v) is 3.62. The molecule has 0 unspecified atom stereocenters. The Bertz CT molecular complexity index is 1010. The van der Waals surface area contributed by atoms with E-state index in [4.69, 9.17) is 15.7 Å². The average Bonchev–Trinajstić information content (AvgIpc) is 2.67. The number of amides is 1. The number of piperidine rings is 1. The van der Waals surface area contributed by atoms with E-state index in [-0.39, 0.29) is 17.6 Å². The molecule has 0 aliphatic carbocycles. The number of nitrogens with two attached hydrogens (primary N) is 1. The van der Waals surface area contributed by atoms with Crippen LogP contribution >= 0.6 is 0 Å². The molecule has 1 saturated heterocycles. The van der Waals surface area contributed by atoms with Crippen molar-refractivity contribution in [2.75, 3.05) is 18.0 Å². The van der Waals surface area contributed by atoms with Crippen molar-refractivity contribution in [2.24, 2.45) is 11.7 Å². The molecule has 0 radical (unpaired) electrons. The Hall–Kier alpha value is -3.15. The maximum atomic E-state index is 11.5. The molecule has 3 N–H and O–H groups in total. The van der Waals surface area contributed by atoms with E-state index in [1.165, 1.54) is 0 Å². The second-order valence-electron chi connectivity index (χ2n) is 7.07. The predicted octanol–water partition coefficient (Wildman–Crippen LogP) is 3.01. The number of rotatable bonds is 3. The van der Waals surface area contributed by atoms with Gasteiger partial charge >= 0.3 is 0 Å². The van der Waals surface area contributed by atoms with E-state index in [2.05, 4.69) is 4.90 Å². The normalized spacial score (nSPS) is 15.2. The Balaban J connectivity index is 1.81. The first kappa shape index (κ1) is 17.3. The fraction of sp³-hybridized carbons (Fsp3) is 0.286. The van der Waals surface area contributed by atoms with Crippen molar-refractivity contribution >= 4 is 22.6 Å². The predicted molar refractivity (Wildman–Crippen MR) is 106 cm³/mol. The molecule has 4 rings (SSSR count). The molecule has 1 aromatic heterocycles. The highest BCUT2D eigenvalue weighted by Crippen LogP contribution is 2.33. The lowest BCUT2D eigenvalue weighted by molar-refractivity contribution is -0.122. The van der Waals surface area contributed by atoms with Crippen LogP contribution in [-0.2, 0) is 4.79 Å². The van der Waals surface area contributed by atoms with Crippen molar-refractivity contribution in [3.05, 3.63) is 48.0 Å². The fourth-order valence-electron chi connectivity index (χ4n) is 3.62. The van der Waals surface area contributed by atoms with Crippen LogP contribution in [0.2, 0.25) is 0 Å². The number of nitrogens with zero attached hydrogens (tertiary/aromatic N) is 3. The minimum absolute atomic E-state index is 0.0748. The molecule has 1 aliphatic rings. The minimum Gasteiger partial charge on any atom is -0.507 e. The van der Waals surface area contributed by atoms with Gasteiger partial charge in [-0.1, -0.05) is 18.2 Å². The van der Waals surface area contributed by atoms with Crippen LogP contribution in [0, 0.1) is 12.8 Å². The lowest BCUT2D eigenvalue weighted by Crippen LogP contribution is -2.39. The van der Waals surface area contributed by atoms with Gasteiger partial charge in [-0.25, -0.2) is 9.97 Å². The number of para-hydroxylation sites is 1. The lowest BCUT2D eigenvalue weighted by atomic mass is 9.96. The van der Waals surface area contributed by atoms with Crippen molar-refractivity contribution < 1.29 is 9.90 Å². The summed E-state index contributed by atoms with van der Waals surface area (Å²) in [7, 11) is 0. The molecule has 2 heterocycles. The Morgan fingerprint density at radius 2 is 1.89 bits per heavy atom. The van der Waals surface area contributed by atoms with Crippen LogP contribution in [0.25, 0.3) is 22.3 Å². The maximum Gasteiger partial charge on any atom is 0.220 e. The Morgan fingerprint density at radius 1 is 1.15 bits per heavy atom. The second kappa shape index (κ2) is 6.87. The van der Waals surface area contributed by atoms with Crippen LogP contribution in [0.4, 0.5) is 5.82 Å². The number of aromatic nitrogens is 2. The molecule has 2 aromatic carbocycles. The van der Waals surface area contributed by atoms with Gasteiger partial charge in [0.25, 0.3) is 0 Å². The summed E-state index contributed by atoms with van der Waals surface area (Å²) in [6.07, 6.45) is 1.44. The van der Waals surface area contributed by atoms with E-state index in [1.54, 1.807) is 12.1 Å². The summed E-state index contributed by atoms with van der Waals surface area (Å²) in [4.78, 5) is 23.1. The summed E-state index contributed by atoms with van der Waals surface area (Å²) < 4.78 is 0. The number of aromatic hydroxyl groups is 1. The second-order valence-corrected chi connectivity index (χ2v) is 7.07. The zero-order valence-corrected chi connectivity index (χ0v) is 15.2. The van der Waals surface area contributed by atoms with E-state index in [1.807, 2.05) is 37.3 Å². The van der Waals surface area contributed by atoms with Gasteiger partial charge in [0.2, 0.25) is 5.91 Å². The van der Waals surface area contributed by atoms with Gasteiger partial charge in [0, 0.05) is 24.4 Å². The number of benzene rings is 2. The van der Waals surface area contributed by atoms with Crippen molar-refractivity contribution in [1.29, 1.82) is 0 Å². The SMILES string of the molecule is Cc1ccc2c(N3CCC(C(N)=O)CC3)nc(-c3ccccc3O)nc2c1. The molecule has 6 heteroatoms. The summed E-state index contributed by atoms with van der Waals surface area (Å²) in [6.45, 7) is 3.46. The Kier molecular flexibility index (Phi) is 4.39. The first-order valence-electron chi connectivity index (χ1n) is 9.14. The van der Waals surface area contributed by atoms with E-state index < -0.39 is 0 Å². The van der Waals surface area contributed by atoms with Gasteiger partial charge in [0.15, 0.2) is 5.82 Å². The van der Waals surface area contributed by atoms with Crippen LogP contribution in [0.3, 0.4) is 0 Å². The van der Waals surface area contributed by atoms with Crippen LogP contribution in [0.5, 0.6) is 5.75 Å². The summed E-state index contributed by atoms with van der Waals surface area (Å²) in [6, 6.07) is 13.2. The van der Waals surface area contributed by atoms with Gasteiger partial charge in [-0.15, -0.1) is 0 Å². The summed E-state index contributed by atoms with van der Waals surface area (Å²) >= 11 is 0. The topological polar surface area (TPSA) is 92.3 Å². The third-order valence-electron chi connectivity index (χ3n) is 5.17. The number of carbonyl (C=O) groups is 1. The van der Waals surface area contributed by atoms with E-state index >= 15 is 0 Å². The molecule has 27 heavy (non-hydrogen) atoms. The van der Waals surface area contributed by atoms with E-state index in [9.17, 15) is 9.90 Å². The number of phenols is 1. The zero-order valence-electron chi connectivity index (χ0n) is 15.2. The summed E-state index contributed by atoms with van der Waals surface area (Å²) in [5, 5.41) is 11.2. The molecule has 0 saturated carbocycles. The maximum absolute atomic E-state index is 11.5. The van der Waals surface area contributed by atoms with Crippen molar-refractivity contribution in [1.82, 2.24) is 9.97 Å². The first-order valence-corrected chi connectivity index (χ1v) is 9.14. The standard InChI is InChI=1S/C21H22N4O2/c1-13-6-7-15-17(12-13)23-20(16-4-2-3-5-18(16)26)24-21(15)25-10-8-14(9-11-25)19(22)27/h2-7,12,14,26H,8-11H2,1H3,(H2,22,27). The number of hydrogen-bond acceptors (Lipinski definition) is 5. The van der Waals surface area contributed by atoms with Crippen molar-refractivity contribution in [3.63, 3.8) is 0 Å². The molecule has 3 aromatic rings. The van der Waals surface area contributed by atoms with Crippen molar-refractivity contribution in [3.8, 4) is 17.1 Å². The molecular weight excluding hydrogens is 340 g/mol. The van der Waals surface area contributed by atoms with E-state index in [0.29, 0.717) is 24.5 Å². The molecule has 0 atom stereocenters. The van der Waals surface area contributed by atoms with Gasteiger partial charge in [-0.3, -0.25) is 4.79 Å². The number of anilines is 1. The smallest absolute Gasteiger partial charge is 0.220 e. The summed E-state index contributed by atoms with van der Waals surface area (Å²) in [5.74, 6) is 1.18. The Morgan fingerprint density at radius 3 is 2.59 bits per heavy atom. The van der Waals surface area contributed by atoms with Crippen LogP contribution in [0.1, 0.15) is 18.4 Å². The highest BCUT2D eigenvalue weighted by atomic mass is 16.3. The molecule has 0 spiro atoms. The highest BCUT2D eigenvalue weighted by Gasteiger charge is 2.25. The lowest BCUT2D eigenvalue weighted by Gasteiger charge is -2.32. The van der Waals surface area contributed by atoms with Gasteiger partial charge in [-0.05, 0) is 49.6 Å². The van der Waals surface area contributed by atoms with Gasteiger partial charge < -0.3 is 15.7 Å². The van der Waals surface area contributed by atoms with Gasteiger partial charge in [-0.2, -0.15) is 0 Å². The quantitative estimate of drug-likeness (QED) is 0.747. The Labute approximate surface area is 157 Å². The van der Waals surface area contributed by atoms with Gasteiger partial charge in [0.1, 0.15) is 11.6 Å². The third kappa shape index (κ3) is 3.30. The number of hydrogen-bond donors (Lipinski definition) is 2. The molecule has 138 valence electrons. The number of primary amides is 1. The highest BCUT2D eigenvalue weighted by molar-refractivity contribution is 5.92. The molecule has 1 fully saturated rings. The zero-order chi connectivity index (χ0) is 19.0. The number of carbonyl (C=O) groups excluding carboxylic acids is 1. The number of aryl methyl sites for hydroxylation is 1. The largest absolute Gasteiger partial charge is 0.507 e. The molecular formula is C21H22N4O2. The number of fused-ring (bicyclic) bond motifs is 1. The van der Waals surface area contributed by atoms with Crippen molar-refractivity contribution in [2.45, 2.75) is 19.8 Å². The van der Waals surface area contributed by atoms with Crippen LogP contribution in [0.15, 0.2) is 42.5 Å². The average molecular weight is 362 g/mol. The van der Waals surface area contributed by atoms with Crippen LogP contribution < -0.4 is 10.6 Å². The molecule has 1 amide bonds. The van der Waals surface area contributed by atoms with Gasteiger partial charge in [0.05, 0.1) is 11.1 Å². The van der Waals surface area contributed by atoms with Crippen LogP contribution in [-0.4, -0.2) is 34.1 Å². The molecule has 6 nitrogen and oxygen atoms in total. The first-order chi connectivity index (χ1) is 13.0. The summed E-state index contributed by atoms with van der Waals surface area (Å²) in [5.41, 5.74) is 8.03. The monoisotopic (exact) mass is 362 g/mol. The third-order valence-corrected chi connectivity index (χ3v) is 5.17.